The highest BCUT2D eigenvalue weighted by atomic mass is 32.2. The Morgan fingerprint density at radius 2 is 1.48 bits per heavy atom. The van der Waals surface area contributed by atoms with Crippen LogP contribution in [-0.2, 0) is 10.1 Å². The van der Waals surface area contributed by atoms with Crippen molar-refractivity contribution in [2.75, 3.05) is 43.3 Å². The number of hydrogen-bond acceptors (Lipinski definition) is 7. The van der Waals surface area contributed by atoms with Crippen LogP contribution in [0.2, 0.25) is 0 Å². The molecule has 3 aromatic carbocycles. The Kier molecular flexibility index (Phi) is 5.53. The van der Waals surface area contributed by atoms with Gasteiger partial charge in [-0.1, -0.05) is 29.5 Å². The van der Waals surface area contributed by atoms with E-state index in [1.165, 1.54) is 0 Å². The first kappa shape index (κ1) is 21.4. The van der Waals surface area contributed by atoms with Gasteiger partial charge in [0.25, 0.3) is 0 Å². The molecule has 0 radical (unpaired) electrons. The standard InChI is InChI=1S/C23H25N3O3S2/c1-15-6-9-18(10-7-15)31(27,28)29-20-12-17(26(4)5)14-22-23(20)24-19-11-8-16(25(2)3)13-21(19)30-22/h6-14,24H,1-5H3. The van der Waals surface area contributed by atoms with Gasteiger partial charge in [0.2, 0.25) is 0 Å². The molecule has 1 heterocycles. The van der Waals surface area contributed by atoms with Crippen LogP contribution in [0, 0.1) is 6.92 Å². The van der Waals surface area contributed by atoms with E-state index in [0.717, 1.165) is 32.4 Å². The lowest BCUT2D eigenvalue weighted by Gasteiger charge is -2.26. The van der Waals surface area contributed by atoms with Crippen LogP contribution in [0.15, 0.2) is 69.3 Å². The minimum atomic E-state index is -3.98. The molecule has 0 saturated carbocycles. The molecular formula is C23H25N3O3S2. The fourth-order valence-corrected chi connectivity index (χ4v) is 5.22. The maximum atomic E-state index is 13.0. The molecule has 0 spiro atoms. The Balaban J connectivity index is 1.77. The predicted molar refractivity (Wildman–Crippen MR) is 128 cm³/mol. The second-order valence-electron chi connectivity index (χ2n) is 7.86. The molecule has 3 aromatic rings. The van der Waals surface area contributed by atoms with Crippen molar-refractivity contribution in [2.24, 2.45) is 0 Å². The van der Waals surface area contributed by atoms with Crippen LogP contribution in [0.3, 0.4) is 0 Å². The molecule has 0 aromatic heterocycles. The zero-order valence-corrected chi connectivity index (χ0v) is 19.8. The lowest BCUT2D eigenvalue weighted by molar-refractivity contribution is 0.486. The van der Waals surface area contributed by atoms with Crippen molar-refractivity contribution >= 4 is 44.6 Å². The molecule has 0 bridgehead atoms. The third-order valence-electron chi connectivity index (χ3n) is 5.04. The number of fused-ring (bicyclic) bond motifs is 2. The van der Waals surface area contributed by atoms with E-state index in [1.54, 1.807) is 42.1 Å². The molecule has 31 heavy (non-hydrogen) atoms. The summed E-state index contributed by atoms with van der Waals surface area (Å²) in [6.45, 7) is 1.91. The highest BCUT2D eigenvalue weighted by Gasteiger charge is 2.25. The summed E-state index contributed by atoms with van der Waals surface area (Å²) >= 11 is 1.59. The summed E-state index contributed by atoms with van der Waals surface area (Å²) in [6.07, 6.45) is 0. The molecule has 0 fully saturated rings. The number of benzene rings is 3. The van der Waals surface area contributed by atoms with E-state index in [9.17, 15) is 8.42 Å². The molecule has 0 unspecified atom stereocenters. The SMILES string of the molecule is Cc1ccc(S(=O)(=O)Oc2cc(N(C)C)cc3c2Nc2ccc(N(C)C)cc2S3)cc1. The molecule has 162 valence electrons. The number of nitrogens with zero attached hydrogens (tertiary/aromatic N) is 2. The summed E-state index contributed by atoms with van der Waals surface area (Å²) in [7, 11) is 3.86. The molecule has 0 saturated heterocycles. The van der Waals surface area contributed by atoms with Crippen molar-refractivity contribution in [3.63, 3.8) is 0 Å². The number of nitrogens with one attached hydrogen (secondary N) is 1. The minimum Gasteiger partial charge on any atom is -0.378 e. The lowest BCUT2D eigenvalue weighted by atomic mass is 10.2. The van der Waals surface area contributed by atoms with Gasteiger partial charge in [0.1, 0.15) is 4.90 Å². The number of rotatable bonds is 5. The van der Waals surface area contributed by atoms with E-state index in [0.29, 0.717) is 5.69 Å². The van der Waals surface area contributed by atoms with Crippen LogP contribution in [0.4, 0.5) is 22.7 Å². The monoisotopic (exact) mass is 455 g/mol. The first-order chi connectivity index (χ1) is 14.6. The summed E-state index contributed by atoms with van der Waals surface area (Å²) in [5.74, 6) is 0.275. The molecule has 0 amide bonds. The molecule has 1 aliphatic rings. The lowest BCUT2D eigenvalue weighted by Crippen LogP contribution is -2.15. The summed E-state index contributed by atoms with van der Waals surface area (Å²) in [4.78, 5) is 6.08. The van der Waals surface area contributed by atoms with Crippen molar-refractivity contribution in [3.05, 3.63) is 60.2 Å². The Labute approximate surface area is 188 Å². The van der Waals surface area contributed by atoms with Crippen LogP contribution >= 0.6 is 11.8 Å². The third-order valence-corrected chi connectivity index (χ3v) is 7.39. The van der Waals surface area contributed by atoms with E-state index in [-0.39, 0.29) is 10.6 Å². The summed E-state index contributed by atoms with van der Waals surface area (Å²) in [6, 6.07) is 16.6. The van der Waals surface area contributed by atoms with Gasteiger partial charge in [0, 0.05) is 55.4 Å². The Morgan fingerprint density at radius 1 is 0.839 bits per heavy atom. The Bertz CT molecular complexity index is 1240. The maximum absolute atomic E-state index is 13.0. The molecule has 0 aliphatic carbocycles. The zero-order valence-electron chi connectivity index (χ0n) is 18.1. The molecule has 6 nitrogen and oxygen atoms in total. The highest BCUT2D eigenvalue weighted by Crippen LogP contribution is 2.50. The van der Waals surface area contributed by atoms with Gasteiger partial charge in [-0.05, 0) is 43.3 Å². The zero-order chi connectivity index (χ0) is 22.3. The van der Waals surface area contributed by atoms with Gasteiger partial charge in [0.05, 0.1) is 11.4 Å². The van der Waals surface area contributed by atoms with Gasteiger partial charge in [-0.2, -0.15) is 8.42 Å². The van der Waals surface area contributed by atoms with E-state index in [4.69, 9.17) is 4.18 Å². The highest BCUT2D eigenvalue weighted by molar-refractivity contribution is 7.99. The van der Waals surface area contributed by atoms with Crippen molar-refractivity contribution in [3.8, 4) is 5.75 Å². The number of anilines is 4. The van der Waals surface area contributed by atoms with Gasteiger partial charge >= 0.3 is 10.1 Å². The van der Waals surface area contributed by atoms with Crippen LogP contribution in [0.25, 0.3) is 0 Å². The van der Waals surface area contributed by atoms with E-state index in [2.05, 4.69) is 16.3 Å². The van der Waals surface area contributed by atoms with Crippen LogP contribution in [0.5, 0.6) is 5.75 Å². The second-order valence-corrected chi connectivity index (χ2v) is 10.5. The summed E-state index contributed by atoms with van der Waals surface area (Å²) in [5, 5.41) is 3.38. The largest absolute Gasteiger partial charge is 0.378 e. The quantitative estimate of drug-likeness (QED) is 0.420. The Morgan fingerprint density at radius 3 is 2.13 bits per heavy atom. The van der Waals surface area contributed by atoms with E-state index in [1.807, 2.05) is 58.2 Å². The predicted octanol–water partition coefficient (Wildman–Crippen LogP) is 5.10. The fraction of sp³-hybridized carbons (Fsp3) is 0.217. The van der Waals surface area contributed by atoms with Crippen molar-refractivity contribution in [2.45, 2.75) is 21.6 Å². The first-order valence-corrected chi connectivity index (χ1v) is 12.0. The first-order valence-electron chi connectivity index (χ1n) is 9.77. The van der Waals surface area contributed by atoms with Crippen LogP contribution < -0.4 is 19.3 Å². The summed E-state index contributed by atoms with van der Waals surface area (Å²) < 4.78 is 31.6. The van der Waals surface area contributed by atoms with Gasteiger partial charge in [-0.15, -0.1) is 0 Å². The van der Waals surface area contributed by atoms with Gasteiger partial charge in [0.15, 0.2) is 5.75 Å². The molecule has 4 rings (SSSR count). The number of hydrogen-bond donors (Lipinski definition) is 1. The Hall–Kier alpha value is -2.84. The summed E-state index contributed by atoms with van der Waals surface area (Å²) in [5.41, 5.74) is 4.50. The molecule has 8 heteroatoms. The van der Waals surface area contributed by atoms with Gasteiger partial charge < -0.3 is 19.3 Å². The molecule has 0 atom stereocenters. The molecule has 1 N–H and O–H groups in total. The molecular weight excluding hydrogens is 430 g/mol. The number of aryl methyl sites for hydroxylation is 1. The van der Waals surface area contributed by atoms with E-state index < -0.39 is 10.1 Å². The van der Waals surface area contributed by atoms with Gasteiger partial charge in [-0.25, -0.2) is 0 Å². The topological polar surface area (TPSA) is 61.9 Å². The van der Waals surface area contributed by atoms with Crippen molar-refractivity contribution in [1.82, 2.24) is 0 Å². The van der Waals surface area contributed by atoms with Gasteiger partial charge in [-0.3, -0.25) is 0 Å². The fourth-order valence-electron chi connectivity index (χ4n) is 3.20. The third kappa shape index (κ3) is 4.31. The second kappa shape index (κ2) is 8.01. The average Bonchev–Trinajstić information content (AvgIpc) is 2.71. The van der Waals surface area contributed by atoms with Crippen molar-refractivity contribution < 1.29 is 12.6 Å². The molecule has 1 aliphatic heterocycles. The minimum absolute atomic E-state index is 0.126. The van der Waals surface area contributed by atoms with Crippen LogP contribution in [-0.4, -0.2) is 36.6 Å². The normalized spacial score (nSPS) is 12.4. The van der Waals surface area contributed by atoms with Crippen molar-refractivity contribution in [1.29, 1.82) is 0 Å². The smallest absolute Gasteiger partial charge is 0.339 e. The van der Waals surface area contributed by atoms with Crippen LogP contribution in [0.1, 0.15) is 5.56 Å². The maximum Gasteiger partial charge on any atom is 0.339 e. The van der Waals surface area contributed by atoms with E-state index >= 15 is 0 Å². The average molecular weight is 456 g/mol.